The minimum atomic E-state index is -2.91. The Balaban J connectivity index is 1.34. The number of amides is 1. The van der Waals surface area contributed by atoms with Crippen LogP contribution < -0.4 is 14.8 Å². The highest BCUT2D eigenvalue weighted by molar-refractivity contribution is 5.88. The molecule has 158 valence electrons. The van der Waals surface area contributed by atoms with Gasteiger partial charge in [-0.15, -0.1) is 0 Å². The van der Waals surface area contributed by atoms with Crippen molar-refractivity contribution in [1.29, 1.82) is 0 Å². The number of rotatable bonds is 8. The van der Waals surface area contributed by atoms with Crippen molar-refractivity contribution in [3.05, 3.63) is 58.8 Å². The molecule has 0 aliphatic heterocycles. The lowest BCUT2D eigenvalue weighted by Crippen LogP contribution is -2.27. The molecule has 0 unspecified atom stereocenters. The number of alkyl halides is 2. The van der Waals surface area contributed by atoms with E-state index in [4.69, 9.17) is 9.15 Å². The molecule has 7 heteroatoms. The zero-order chi connectivity index (χ0) is 21.1. The molecule has 5 nitrogen and oxygen atoms in total. The van der Waals surface area contributed by atoms with E-state index in [1.165, 1.54) is 24.3 Å². The number of hydrogen-bond donors (Lipinski definition) is 1. The van der Waals surface area contributed by atoms with Gasteiger partial charge < -0.3 is 19.2 Å². The number of carbonyl (C=O) groups excluding carboxylic acids is 1. The minimum absolute atomic E-state index is 0.0152. The molecule has 30 heavy (non-hydrogen) atoms. The quantitative estimate of drug-likeness (QED) is 0.591. The maximum absolute atomic E-state index is 12.4. The van der Waals surface area contributed by atoms with Crippen LogP contribution in [0.15, 0.2) is 41.0 Å². The number of halogens is 2. The average Bonchev–Trinajstić information content (AvgIpc) is 3.33. The summed E-state index contributed by atoms with van der Waals surface area (Å²) in [5.41, 5.74) is 5.24. The third-order valence-corrected chi connectivity index (χ3v) is 5.40. The lowest BCUT2D eigenvalue weighted by atomic mass is 10.0. The molecule has 1 amide bonds. The SMILES string of the molecule is COc1cc(CCNC(=O)Cc2coc3cc4c(cc23)CCC4)ccc1OC(F)F. The van der Waals surface area contributed by atoms with E-state index >= 15 is 0 Å². The highest BCUT2D eigenvalue weighted by atomic mass is 19.3. The second-order valence-electron chi connectivity index (χ2n) is 7.37. The maximum atomic E-state index is 12.4. The Morgan fingerprint density at radius 1 is 1.17 bits per heavy atom. The van der Waals surface area contributed by atoms with Crippen LogP contribution in [0.4, 0.5) is 8.78 Å². The summed E-state index contributed by atoms with van der Waals surface area (Å²) in [7, 11) is 1.39. The van der Waals surface area contributed by atoms with Crippen molar-refractivity contribution in [1.82, 2.24) is 5.32 Å². The molecule has 0 radical (unpaired) electrons. The molecule has 0 saturated carbocycles. The summed E-state index contributed by atoms with van der Waals surface area (Å²) in [6.07, 6.45) is 5.77. The van der Waals surface area contributed by atoms with Crippen molar-refractivity contribution in [2.75, 3.05) is 13.7 Å². The monoisotopic (exact) mass is 415 g/mol. The van der Waals surface area contributed by atoms with E-state index in [-0.39, 0.29) is 23.8 Å². The number of fused-ring (bicyclic) bond motifs is 2. The van der Waals surface area contributed by atoms with E-state index < -0.39 is 6.61 Å². The Morgan fingerprint density at radius 2 is 1.97 bits per heavy atom. The molecule has 1 aliphatic carbocycles. The summed E-state index contributed by atoms with van der Waals surface area (Å²) in [5, 5.41) is 3.90. The van der Waals surface area contributed by atoms with Crippen LogP contribution in [0, 0.1) is 0 Å². The van der Waals surface area contributed by atoms with Gasteiger partial charge in [-0.05, 0) is 66.6 Å². The molecule has 0 spiro atoms. The minimum Gasteiger partial charge on any atom is -0.493 e. The third kappa shape index (κ3) is 4.40. The summed E-state index contributed by atoms with van der Waals surface area (Å²) >= 11 is 0. The van der Waals surface area contributed by atoms with Gasteiger partial charge in [0.05, 0.1) is 19.8 Å². The van der Waals surface area contributed by atoms with E-state index in [9.17, 15) is 13.6 Å². The topological polar surface area (TPSA) is 60.7 Å². The van der Waals surface area contributed by atoms with Crippen LogP contribution in [0.2, 0.25) is 0 Å². The number of furan rings is 1. The Hall–Kier alpha value is -3.09. The lowest BCUT2D eigenvalue weighted by Gasteiger charge is -2.11. The zero-order valence-electron chi connectivity index (χ0n) is 16.7. The molecular formula is C23H23F2NO4. The number of carbonyl (C=O) groups is 1. The third-order valence-electron chi connectivity index (χ3n) is 5.40. The number of benzene rings is 2. The van der Waals surface area contributed by atoms with Gasteiger partial charge in [0.1, 0.15) is 5.58 Å². The van der Waals surface area contributed by atoms with Crippen LogP contribution in [0.1, 0.15) is 28.7 Å². The number of methoxy groups -OCH3 is 1. The molecule has 2 aromatic carbocycles. The highest BCUT2D eigenvalue weighted by Gasteiger charge is 2.17. The van der Waals surface area contributed by atoms with E-state index in [0.717, 1.165) is 41.4 Å². The van der Waals surface area contributed by atoms with E-state index in [1.54, 1.807) is 18.4 Å². The molecule has 0 saturated heterocycles. The van der Waals surface area contributed by atoms with Gasteiger partial charge in [-0.2, -0.15) is 8.78 Å². The molecule has 0 bridgehead atoms. The summed E-state index contributed by atoms with van der Waals surface area (Å²) in [5.74, 6) is 0.123. The normalized spacial score (nSPS) is 12.9. The second kappa shape index (κ2) is 8.73. The van der Waals surface area contributed by atoms with Crippen molar-refractivity contribution in [3.8, 4) is 11.5 Å². The van der Waals surface area contributed by atoms with Crippen LogP contribution in [0.5, 0.6) is 11.5 Å². The molecule has 3 aromatic rings. The van der Waals surface area contributed by atoms with Gasteiger partial charge in [0.15, 0.2) is 11.5 Å². The van der Waals surface area contributed by atoms with Crippen molar-refractivity contribution >= 4 is 16.9 Å². The first-order chi connectivity index (χ1) is 14.5. The van der Waals surface area contributed by atoms with Crippen LogP contribution >= 0.6 is 0 Å². The first-order valence-corrected chi connectivity index (χ1v) is 9.94. The summed E-state index contributed by atoms with van der Waals surface area (Å²) in [6, 6.07) is 9.00. The van der Waals surface area contributed by atoms with E-state index in [2.05, 4.69) is 22.2 Å². The second-order valence-corrected chi connectivity index (χ2v) is 7.37. The van der Waals surface area contributed by atoms with Crippen LogP contribution in [0.25, 0.3) is 11.0 Å². The molecule has 0 fully saturated rings. The molecule has 0 atom stereocenters. The van der Waals surface area contributed by atoms with Crippen LogP contribution in [-0.4, -0.2) is 26.2 Å². The summed E-state index contributed by atoms with van der Waals surface area (Å²) in [6.45, 7) is -2.49. The predicted octanol–water partition coefficient (Wildman–Crippen LogP) is 4.43. The molecule has 1 N–H and O–H groups in total. The molecule has 1 heterocycles. The first kappa shape index (κ1) is 20.2. The number of aryl methyl sites for hydroxylation is 2. The summed E-state index contributed by atoms with van der Waals surface area (Å²) < 4.78 is 40.0. The summed E-state index contributed by atoms with van der Waals surface area (Å²) in [4.78, 5) is 12.4. The zero-order valence-corrected chi connectivity index (χ0v) is 16.7. The first-order valence-electron chi connectivity index (χ1n) is 9.94. The number of ether oxygens (including phenoxy) is 2. The Kier molecular flexibility index (Phi) is 5.88. The van der Waals surface area contributed by atoms with Gasteiger partial charge in [0, 0.05) is 17.5 Å². The van der Waals surface area contributed by atoms with Crippen molar-refractivity contribution in [2.24, 2.45) is 0 Å². The van der Waals surface area contributed by atoms with Gasteiger partial charge in [0.25, 0.3) is 0 Å². The molecule has 1 aromatic heterocycles. The van der Waals surface area contributed by atoms with Crippen molar-refractivity contribution < 1.29 is 27.5 Å². The molecule has 1 aliphatic rings. The standard InChI is InChI=1S/C23H23F2NO4/c1-28-21-9-14(5-6-19(21)30-23(24)25)7-8-26-22(27)12-17-13-29-20-11-16-4-2-3-15(16)10-18(17)20/h5-6,9-11,13,23H,2-4,7-8,12H2,1H3,(H,26,27). The van der Waals surface area contributed by atoms with Gasteiger partial charge in [-0.1, -0.05) is 6.07 Å². The van der Waals surface area contributed by atoms with Gasteiger partial charge in [-0.25, -0.2) is 0 Å². The van der Waals surface area contributed by atoms with E-state index in [1.807, 2.05) is 0 Å². The van der Waals surface area contributed by atoms with Crippen LogP contribution in [0.3, 0.4) is 0 Å². The number of hydrogen-bond acceptors (Lipinski definition) is 4. The van der Waals surface area contributed by atoms with E-state index in [0.29, 0.717) is 13.0 Å². The van der Waals surface area contributed by atoms with Crippen molar-refractivity contribution in [2.45, 2.75) is 38.7 Å². The van der Waals surface area contributed by atoms with Gasteiger partial charge >= 0.3 is 6.61 Å². The fraction of sp³-hybridized carbons (Fsp3) is 0.348. The largest absolute Gasteiger partial charge is 0.493 e. The number of nitrogens with one attached hydrogen (secondary N) is 1. The Bertz CT molecular complexity index is 1060. The Morgan fingerprint density at radius 3 is 2.73 bits per heavy atom. The molecule has 4 rings (SSSR count). The Labute approximate surface area is 173 Å². The molecular weight excluding hydrogens is 392 g/mol. The average molecular weight is 415 g/mol. The predicted molar refractivity (Wildman–Crippen MR) is 108 cm³/mol. The smallest absolute Gasteiger partial charge is 0.387 e. The fourth-order valence-electron chi connectivity index (χ4n) is 3.93. The maximum Gasteiger partial charge on any atom is 0.387 e. The van der Waals surface area contributed by atoms with Crippen molar-refractivity contribution in [3.63, 3.8) is 0 Å². The fourth-order valence-corrected chi connectivity index (χ4v) is 3.93. The lowest BCUT2D eigenvalue weighted by molar-refractivity contribution is -0.120. The highest BCUT2D eigenvalue weighted by Crippen LogP contribution is 2.31. The van der Waals surface area contributed by atoms with Gasteiger partial charge in [-0.3, -0.25) is 4.79 Å². The van der Waals surface area contributed by atoms with Gasteiger partial charge in [0.2, 0.25) is 5.91 Å². The van der Waals surface area contributed by atoms with Crippen LogP contribution in [-0.2, 0) is 30.5 Å².